The Morgan fingerprint density at radius 3 is 3.00 bits per heavy atom. The smallest absolute Gasteiger partial charge is 0.320 e. The standard InChI is InChI=1S/C13H18N2O2/c1-10(11-6-2-4-8-14-11)15-9-5-3-7-12(15)13(16)17/h2,4,6,8,10,12H,3,5,7,9H2,1H3,(H,16,17)/t10-,12-/m0/s1. The minimum absolute atomic E-state index is 0.0672. The molecule has 2 rings (SSSR count). The SMILES string of the molecule is C[C@@H](c1ccccn1)N1CCCC[C@H]1C(=O)O. The topological polar surface area (TPSA) is 53.4 Å². The molecule has 1 aliphatic rings. The lowest BCUT2D eigenvalue weighted by molar-refractivity contribution is -0.145. The summed E-state index contributed by atoms with van der Waals surface area (Å²) >= 11 is 0. The molecule has 1 aromatic rings. The van der Waals surface area contributed by atoms with Gasteiger partial charge in [0, 0.05) is 6.20 Å². The molecular formula is C13H18N2O2. The summed E-state index contributed by atoms with van der Waals surface area (Å²) < 4.78 is 0. The summed E-state index contributed by atoms with van der Waals surface area (Å²) in [5.41, 5.74) is 0.945. The number of aromatic nitrogens is 1. The second kappa shape index (κ2) is 5.27. The van der Waals surface area contributed by atoms with Gasteiger partial charge < -0.3 is 5.11 Å². The van der Waals surface area contributed by atoms with Gasteiger partial charge in [-0.05, 0) is 38.4 Å². The van der Waals surface area contributed by atoms with E-state index in [1.54, 1.807) is 6.20 Å². The quantitative estimate of drug-likeness (QED) is 0.870. The van der Waals surface area contributed by atoms with Crippen LogP contribution in [0, 0.1) is 0 Å². The normalized spacial score (nSPS) is 23.2. The van der Waals surface area contributed by atoms with Gasteiger partial charge in [-0.3, -0.25) is 14.7 Å². The Labute approximate surface area is 101 Å². The Morgan fingerprint density at radius 2 is 2.35 bits per heavy atom. The van der Waals surface area contributed by atoms with Crippen LogP contribution in [-0.2, 0) is 4.79 Å². The molecular weight excluding hydrogens is 216 g/mol. The molecule has 0 bridgehead atoms. The van der Waals surface area contributed by atoms with Crippen molar-refractivity contribution in [1.82, 2.24) is 9.88 Å². The Morgan fingerprint density at radius 1 is 1.53 bits per heavy atom. The molecule has 92 valence electrons. The first-order valence-electron chi connectivity index (χ1n) is 6.09. The van der Waals surface area contributed by atoms with Gasteiger partial charge in [0.25, 0.3) is 0 Å². The molecule has 4 nitrogen and oxygen atoms in total. The van der Waals surface area contributed by atoms with E-state index in [1.165, 1.54) is 0 Å². The van der Waals surface area contributed by atoms with Gasteiger partial charge in [0.2, 0.25) is 0 Å². The van der Waals surface area contributed by atoms with Gasteiger partial charge in [0.05, 0.1) is 11.7 Å². The van der Waals surface area contributed by atoms with Gasteiger partial charge in [-0.25, -0.2) is 0 Å². The highest BCUT2D eigenvalue weighted by molar-refractivity contribution is 5.73. The predicted octanol–water partition coefficient (Wildman–Crippen LogP) is 2.08. The fourth-order valence-electron chi connectivity index (χ4n) is 2.48. The number of hydrogen-bond donors (Lipinski definition) is 1. The Kier molecular flexibility index (Phi) is 3.74. The second-order valence-electron chi connectivity index (χ2n) is 4.52. The first kappa shape index (κ1) is 12.0. The molecule has 17 heavy (non-hydrogen) atoms. The third-order valence-electron chi connectivity index (χ3n) is 3.44. The van der Waals surface area contributed by atoms with E-state index in [2.05, 4.69) is 4.98 Å². The average Bonchev–Trinajstić information content (AvgIpc) is 2.39. The minimum atomic E-state index is -0.715. The summed E-state index contributed by atoms with van der Waals surface area (Å²) in [4.78, 5) is 17.6. The Hall–Kier alpha value is -1.42. The molecule has 0 radical (unpaired) electrons. The maximum absolute atomic E-state index is 11.2. The van der Waals surface area contributed by atoms with Crippen molar-refractivity contribution in [3.63, 3.8) is 0 Å². The zero-order valence-electron chi connectivity index (χ0n) is 10.0. The second-order valence-corrected chi connectivity index (χ2v) is 4.52. The monoisotopic (exact) mass is 234 g/mol. The number of nitrogens with zero attached hydrogens (tertiary/aromatic N) is 2. The van der Waals surface area contributed by atoms with E-state index in [0.717, 1.165) is 31.5 Å². The zero-order valence-corrected chi connectivity index (χ0v) is 10.0. The highest BCUT2D eigenvalue weighted by Gasteiger charge is 2.32. The third-order valence-corrected chi connectivity index (χ3v) is 3.44. The van der Waals surface area contributed by atoms with Gasteiger partial charge in [-0.1, -0.05) is 12.5 Å². The first-order chi connectivity index (χ1) is 8.20. The molecule has 1 N–H and O–H groups in total. The van der Waals surface area contributed by atoms with Crippen LogP contribution in [-0.4, -0.2) is 33.5 Å². The van der Waals surface area contributed by atoms with Gasteiger partial charge in [-0.2, -0.15) is 0 Å². The summed E-state index contributed by atoms with van der Waals surface area (Å²) in [6, 6.07) is 5.48. The molecule has 0 saturated carbocycles. The molecule has 2 atom stereocenters. The summed E-state index contributed by atoms with van der Waals surface area (Å²) in [6.45, 7) is 2.87. The lowest BCUT2D eigenvalue weighted by Crippen LogP contribution is -2.45. The number of pyridine rings is 1. The van der Waals surface area contributed by atoms with Crippen LogP contribution in [0.3, 0.4) is 0 Å². The van der Waals surface area contributed by atoms with Crippen molar-refractivity contribution in [2.75, 3.05) is 6.54 Å². The molecule has 4 heteroatoms. The van der Waals surface area contributed by atoms with E-state index in [0.29, 0.717) is 0 Å². The number of rotatable bonds is 3. The van der Waals surface area contributed by atoms with E-state index in [4.69, 9.17) is 0 Å². The van der Waals surface area contributed by atoms with Crippen molar-refractivity contribution in [2.45, 2.75) is 38.3 Å². The number of piperidine rings is 1. The van der Waals surface area contributed by atoms with Crippen LogP contribution in [0.2, 0.25) is 0 Å². The maximum Gasteiger partial charge on any atom is 0.320 e. The highest BCUT2D eigenvalue weighted by Crippen LogP contribution is 2.27. The van der Waals surface area contributed by atoms with Crippen molar-refractivity contribution in [3.05, 3.63) is 30.1 Å². The molecule has 0 amide bonds. The average molecular weight is 234 g/mol. The zero-order chi connectivity index (χ0) is 12.3. The number of hydrogen-bond acceptors (Lipinski definition) is 3. The fourth-order valence-corrected chi connectivity index (χ4v) is 2.48. The van der Waals surface area contributed by atoms with Crippen molar-refractivity contribution in [1.29, 1.82) is 0 Å². The molecule has 1 saturated heterocycles. The van der Waals surface area contributed by atoms with Crippen LogP contribution in [0.1, 0.15) is 37.9 Å². The summed E-state index contributed by atoms with van der Waals surface area (Å²) in [7, 11) is 0. The number of carboxylic acid groups (broad SMARTS) is 1. The van der Waals surface area contributed by atoms with Crippen LogP contribution in [0.5, 0.6) is 0 Å². The van der Waals surface area contributed by atoms with Crippen molar-refractivity contribution < 1.29 is 9.90 Å². The molecule has 0 unspecified atom stereocenters. The van der Waals surface area contributed by atoms with E-state index >= 15 is 0 Å². The van der Waals surface area contributed by atoms with E-state index in [-0.39, 0.29) is 12.1 Å². The summed E-state index contributed by atoms with van der Waals surface area (Å²) in [5, 5.41) is 9.24. The molecule has 0 aliphatic carbocycles. The number of likely N-dealkylation sites (tertiary alicyclic amines) is 1. The van der Waals surface area contributed by atoms with Crippen molar-refractivity contribution in [2.24, 2.45) is 0 Å². The fraction of sp³-hybridized carbons (Fsp3) is 0.538. The highest BCUT2D eigenvalue weighted by atomic mass is 16.4. The minimum Gasteiger partial charge on any atom is -0.480 e. The van der Waals surface area contributed by atoms with Crippen LogP contribution in [0.15, 0.2) is 24.4 Å². The third kappa shape index (κ3) is 2.64. The largest absolute Gasteiger partial charge is 0.480 e. The molecule has 0 aromatic carbocycles. The molecule has 1 aliphatic heterocycles. The van der Waals surface area contributed by atoms with E-state index in [1.807, 2.05) is 30.0 Å². The number of aliphatic carboxylic acids is 1. The predicted molar refractivity (Wildman–Crippen MR) is 64.6 cm³/mol. The number of carboxylic acids is 1. The Bertz CT molecular complexity index is 380. The summed E-state index contributed by atoms with van der Waals surface area (Å²) in [6.07, 6.45) is 4.57. The van der Waals surface area contributed by atoms with Crippen molar-refractivity contribution in [3.8, 4) is 0 Å². The van der Waals surface area contributed by atoms with Crippen LogP contribution in [0.4, 0.5) is 0 Å². The van der Waals surface area contributed by atoms with E-state index in [9.17, 15) is 9.90 Å². The lowest BCUT2D eigenvalue weighted by atomic mass is 9.99. The van der Waals surface area contributed by atoms with Gasteiger partial charge >= 0.3 is 5.97 Å². The molecule has 1 fully saturated rings. The molecule has 0 spiro atoms. The van der Waals surface area contributed by atoms with Crippen LogP contribution < -0.4 is 0 Å². The van der Waals surface area contributed by atoms with E-state index < -0.39 is 5.97 Å². The van der Waals surface area contributed by atoms with Crippen LogP contribution >= 0.6 is 0 Å². The van der Waals surface area contributed by atoms with Gasteiger partial charge in [0.1, 0.15) is 6.04 Å². The first-order valence-corrected chi connectivity index (χ1v) is 6.09. The lowest BCUT2D eigenvalue weighted by Gasteiger charge is -2.37. The summed E-state index contributed by atoms with van der Waals surface area (Å²) in [5.74, 6) is -0.715. The van der Waals surface area contributed by atoms with Gasteiger partial charge in [-0.15, -0.1) is 0 Å². The Balaban J connectivity index is 2.16. The van der Waals surface area contributed by atoms with Crippen LogP contribution in [0.25, 0.3) is 0 Å². The van der Waals surface area contributed by atoms with Crippen molar-refractivity contribution >= 4 is 5.97 Å². The molecule has 1 aromatic heterocycles. The number of carbonyl (C=O) groups is 1. The van der Waals surface area contributed by atoms with Gasteiger partial charge in [0.15, 0.2) is 0 Å². The maximum atomic E-state index is 11.2. The molecule has 2 heterocycles.